The molecule has 0 fully saturated rings. The Kier molecular flexibility index (Phi) is 4.33. The number of likely N-dealkylation sites (N-methyl/N-ethyl adjacent to an activating group) is 1. The highest BCUT2D eigenvalue weighted by Crippen LogP contribution is 2.36. The van der Waals surface area contributed by atoms with Crippen molar-refractivity contribution in [1.29, 1.82) is 0 Å². The number of anilines is 1. The van der Waals surface area contributed by atoms with Gasteiger partial charge in [0.05, 0.1) is 22.2 Å². The first-order chi connectivity index (χ1) is 13.1. The van der Waals surface area contributed by atoms with Crippen molar-refractivity contribution in [2.24, 2.45) is 0 Å². The lowest BCUT2D eigenvalue weighted by Crippen LogP contribution is -2.25. The standard InChI is InChI=1S/C21H19N3O3/c1-23-18-10-5-3-7-14(18)16(20(23)26)13-19-22-17-9-4-2-8-15(17)21(27)24(19)11-6-12-25/h2-5,7-10,13,25H,6,11-12H2,1H3/b16-13-. The molecule has 0 saturated heterocycles. The van der Waals surface area contributed by atoms with Gasteiger partial charge in [0, 0.05) is 25.8 Å². The molecular weight excluding hydrogens is 342 g/mol. The van der Waals surface area contributed by atoms with Crippen molar-refractivity contribution < 1.29 is 9.90 Å². The first kappa shape index (κ1) is 17.2. The zero-order chi connectivity index (χ0) is 19.0. The highest BCUT2D eigenvalue weighted by atomic mass is 16.3. The van der Waals surface area contributed by atoms with E-state index in [2.05, 4.69) is 4.98 Å². The van der Waals surface area contributed by atoms with E-state index < -0.39 is 0 Å². The molecule has 2 heterocycles. The van der Waals surface area contributed by atoms with Crippen molar-refractivity contribution in [2.75, 3.05) is 18.6 Å². The Hall–Kier alpha value is -3.25. The molecule has 1 N–H and O–H groups in total. The van der Waals surface area contributed by atoms with E-state index in [1.807, 2.05) is 30.3 Å². The van der Waals surface area contributed by atoms with Crippen LogP contribution in [0.2, 0.25) is 0 Å². The van der Waals surface area contributed by atoms with Crippen LogP contribution in [-0.2, 0) is 11.3 Å². The molecule has 6 heteroatoms. The largest absolute Gasteiger partial charge is 0.396 e. The van der Waals surface area contributed by atoms with Crippen LogP contribution in [0.1, 0.15) is 17.8 Å². The summed E-state index contributed by atoms with van der Waals surface area (Å²) in [6, 6.07) is 14.7. The minimum atomic E-state index is -0.173. The number of aromatic nitrogens is 2. The van der Waals surface area contributed by atoms with E-state index in [1.54, 1.807) is 36.2 Å². The fourth-order valence-electron chi connectivity index (χ4n) is 3.41. The SMILES string of the molecule is CN1C(=O)/C(=C\c2nc3ccccc3c(=O)n2CCCO)c2ccccc21. The van der Waals surface area contributed by atoms with Crippen LogP contribution in [0.5, 0.6) is 0 Å². The third-order valence-corrected chi connectivity index (χ3v) is 4.80. The zero-order valence-corrected chi connectivity index (χ0v) is 14.9. The van der Waals surface area contributed by atoms with Gasteiger partial charge in [-0.05, 0) is 30.7 Å². The maximum absolute atomic E-state index is 12.9. The summed E-state index contributed by atoms with van der Waals surface area (Å²) < 4.78 is 1.53. The summed E-state index contributed by atoms with van der Waals surface area (Å²) in [6.45, 7) is 0.303. The number of carbonyl (C=O) groups is 1. The lowest BCUT2D eigenvalue weighted by molar-refractivity contribution is -0.112. The fraction of sp³-hybridized carbons (Fsp3) is 0.190. The van der Waals surface area contributed by atoms with E-state index in [4.69, 9.17) is 0 Å². The van der Waals surface area contributed by atoms with Gasteiger partial charge in [0.1, 0.15) is 5.82 Å². The summed E-state index contributed by atoms with van der Waals surface area (Å²) in [6.07, 6.45) is 2.11. The molecule has 1 aliphatic heterocycles. The fourth-order valence-corrected chi connectivity index (χ4v) is 3.41. The molecule has 0 bridgehead atoms. The number of benzene rings is 2. The molecular formula is C21H19N3O3. The second-order valence-electron chi connectivity index (χ2n) is 6.46. The number of rotatable bonds is 4. The summed E-state index contributed by atoms with van der Waals surface area (Å²) in [5.41, 5.74) is 2.57. The first-order valence-corrected chi connectivity index (χ1v) is 8.81. The molecule has 4 rings (SSSR count). The topological polar surface area (TPSA) is 75.4 Å². The molecule has 0 atom stereocenters. The third kappa shape index (κ3) is 2.84. The van der Waals surface area contributed by atoms with Gasteiger partial charge in [-0.2, -0.15) is 0 Å². The molecule has 136 valence electrons. The molecule has 6 nitrogen and oxygen atoms in total. The minimum absolute atomic E-state index is 0.0280. The molecule has 0 unspecified atom stereocenters. The van der Waals surface area contributed by atoms with Gasteiger partial charge in [-0.3, -0.25) is 14.2 Å². The number of aliphatic hydroxyl groups is 1. The summed E-state index contributed by atoms with van der Waals surface area (Å²) in [5, 5.41) is 9.72. The van der Waals surface area contributed by atoms with Gasteiger partial charge in [0.2, 0.25) is 0 Å². The number of aliphatic hydroxyl groups excluding tert-OH is 1. The molecule has 3 aromatic rings. The normalized spacial score (nSPS) is 15.0. The quantitative estimate of drug-likeness (QED) is 0.724. The molecule has 1 aromatic heterocycles. The summed E-state index contributed by atoms with van der Waals surface area (Å²) >= 11 is 0. The summed E-state index contributed by atoms with van der Waals surface area (Å²) in [7, 11) is 1.73. The van der Waals surface area contributed by atoms with Crippen molar-refractivity contribution in [1.82, 2.24) is 9.55 Å². The van der Waals surface area contributed by atoms with Crippen molar-refractivity contribution in [3.8, 4) is 0 Å². The van der Waals surface area contributed by atoms with Gasteiger partial charge in [-0.15, -0.1) is 0 Å². The highest BCUT2D eigenvalue weighted by Gasteiger charge is 2.29. The number of carbonyl (C=O) groups excluding carboxylic acids is 1. The zero-order valence-electron chi connectivity index (χ0n) is 14.9. The maximum Gasteiger partial charge on any atom is 0.261 e. The number of hydrogen-bond donors (Lipinski definition) is 1. The molecule has 1 amide bonds. The molecule has 0 spiro atoms. The Morgan fingerprint density at radius 2 is 1.81 bits per heavy atom. The minimum Gasteiger partial charge on any atom is -0.396 e. The van der Waals surface area contributed by atoms with Crippen molar-refractivity contribution in [2.45, 2.75) is 13.0 Å². The van der Waals surface area contributed by atoms with Gasteiger partial charge in [-0.25, -0.2) is 4.98 Å². The van der Waals surface area contributed by atoms with Crippen LogP contribution >= 0.6 is 0 Å². The maximum atomic E-state index is 12.9. The summed E-state index contributed by atoms with van der Waals surface area (Å²) in [4.78, 5) is 31.9. The smallest absolute Gasteiger partial charge is 0.261 e. The van der Waals surface area contributed by atoms with Crippen LogP contribution in [0, 0.1) is 0 Å². The van der Waals surface area contributed by atoms with Crippen molar-refractivity contribution in [3.63, 3.8) is 0 Å². The Labute approximate surface area is 156 Å². The predicted molar refractivity (Wildman–Crippen MR) is 105 cm³/mol. The lowest BCUT2D eigenvalue weighted by Gasteiger charge is -2.11. The second kappa shape index (κ2) is 6.81. The second-order valence-corrected chi connectivity index (χ2v) is 6.46. The monoisotopic (exact) mass is 361 g/mol. The number of para-hydroxylation sites is 2. The molecule has 2 aromatic carbocycles. The van der Waals surface area contributed by atoms with Gasteiger partial charge in [-0.1, -0.05) is 30.3 Å². The Balaban J connectivity index is 1.95. The van der Waals surface area contributed by atoms with Crippen LogP contribution < -0.4 is 10.5 Å². The molecule has 27 heavy (non-hydrogen) atoms. The Morgan fingerprint density at radius 1 is 1.07 bits per heavy atom. The van der Waals surface area contributed by atoms with Crippen LogP contribution in [-0.4, -0.2) is 34.2 Å². The van der Waals surface area contributed by atoms with E-state index in [0.29, 0.717) is 35.3 Å². The van der Waals surface area contributed by atoms with Crippen LogP contribution in [0.3, 0.4) is 0 Å². The van der Waals surface area contributed by atoms with Gasteiger partial charge < -0.3 is 10.0 Å². The molecule has 1 aliphatic rings. The number of amides is 1. The third-order valence-electron chi connectivity index (χ3n) is 4.80. The molecule has 0 radical (unpaired) electrons. The van der Waals surface area contributed by atoms with E-state index in [9.17, 15) is 14.7 Å². The summed E-state index contributed by atoms with van der Waals surface area (Å²) in [5.74, 6) is 0.285. The van der Waals surface area contributed by atoms with Gasteiger partial charge >= 0.3 is 0 Å². The van der Waals surface area contributed by atoms with Crippen LogP contribution in [0.25, 0.3) is 22.6 Å². The van der Waals surface area contributed by atoms with Gasteiger partial charge in [0.25, 0.3) is 11.5 Å². The number of nitrogens with zero attached hydrogens (tertiary/aromatic N) is 3. The van der Waals surface area contributed by atoms with Crippen LogP contribution in [0.4, 0.5) is 5.69 Å². The number of fused-ring (bicyclic) bond motifs is 2. The van der Waals surface area contributed by atoms with Crippen LogP contribution in [0.15, 0.2) is 53.3 Å². The van der Waals surface area contributed by atoms with E-state index in [1.165, 1.54) is 4.57 Å². The highest BCUT2D eigenvalue weighted by molar-refractivity contribution is 6.35. The van der Waals surface area contributed by atoms with Gasteiger partial charge in [0.15, 0.2) is 0 Å². The first-order valence-electron chi connectivity index (χ1n) is 8.81. The predicted octanol–water partition coefficient (Wildman–Crippen LogP) is 2.30. The average molecular weight is 361 g/mol. The number of hydrogen-bond acceptors (Lipinski definition) is 4. The Morgan fingerprint density at radius 3 is 2.63 bits per heavy atom. The molecule has 0 aliphatic carbocycles. The van der Waals surface area contributed by atoms with Crippen molar-refractivity contribution >= 4 is 34.1 Å². The Bertz CT molecular complexity index is 1130. The van der Waals surface area contributed by atoms with E-state index >= 15 is 0 Å². The van der Waals surface area contributed by atoms with E-state index in [-0.39, 0.29) is 18.1 Å². The van der Waals surface area contributed by atoms with E-state index in [0.717, 1.165) is 11.3 Å². The average Bonchev–Trinajstić information content (AvgIpc) is 2.93. The van der Waals surface area contributed by atoms with Crippen molar-refractivity contribution in [3.05, 3.63) is 70.3 Å². The lowest BCUT2D eigenvalue weighted by atomic mass is 10.1. The molecule has 0 saturated carbocycles.